The maximum Gasteiger partial charge on any atom is 0.342 e. The summed E-state index contributed by atoms with van der Waals surface area (Å²) < 4.78 is 4.62. The van der Waals surface area contributed by atoms with E-state index in [1.807, 2.05) is 27.7 Å². The number of esters is 2. The van der Waals surface area contributed by atoms with Gasteiger partial charge in [-0.15, -0.1) is 0 Å². The largest absolute Gasteiger partial charge is 0.389 e. The molecule has 1 saturated heterocycles. The summed E-state index contributed by atoms with van der Waals surface area (Å²) >= 11 is 0. The summed E-state index contributed by atoms with van der Waals surface area (Å²) in [7, 11) is 0. The maximum absolute atomic E-state index is 11.4. The lowest BCUT2D eigenvalue weighted by Gasteiger charge is -2.23. The van der Waals surface area contributed by atoms with Crippen molar-refractivity contribution in [2.45, 2.75) is 34.1 Å². The minimum atomic E-state index is -0.475. The van der Waals surface area contributed by atoms with Crippen molar-refractivity contribution in [3.8, 4) is 0 Å². The smallest absolute Gasteiger partial charge is 0.342 e. The molecule has 0 aromatic heterocycles. The van der Waals surface area contributed by atoms with E-state index in [0.29, 0.717) is 5.57 Å². The monoisotopic (exact) mass is 196 g/mol. The van der Waals surface area contributed by atoms with E-state index >= 15 is 0 Å². The van der Waals surface area contributed by atoms with Crippen LogP contribution in [0, 0.1) is 11.3 Å². The van der Waals surface area contributed by atoms with E-state index in [1.54, 1.807) is 6.08 Å². The topological polar surface area (TPSA) is 43.4 Å². The second kappa shape index (κ2) is 3.56. The van der Waals surface area contributed by atoms with Gasteiger partial charge in [-0.05, 0) is 11.8 Å². The van der Waals surface area contributed by atoms with E-state index in [1.165, 1.54) is 0 Å². The Balaban J connectivity index is 3.08. The average molecular weight is 196 g/mol. The first-order valence-corrected chi connectivity index (χ1v) is 4.84. The number of carbonyl (C=O) groups excluding carboxylic acids is 2. The fraction of sp³-hybridized carbons (Fsp3) is 0.636. The van der Waals surface area contributed by atoms with Crippen LogP contribution >= 0.6 is 0 Å². The Kier molecular flexibility index (Phi) is 2.79. The predicted molar refractivity (Wildman–Crippen MR) is 52.4 cm³/mol. The van der Waals surface area contributed by atoms with Gasteiger partial charge in [-0.3, -0.25) is 4.79 Å². The van der Waals surface area contributed by atoms with Gasteiger partial charge in [0, 0.05) is 5.57 Å². The molecule has 0 bridgehead atoms. The van der Waals surface area contributed by atoms with Gasteiger partial charge in [-0.2, -0.15) is 0 Å². The lowest BCUT2D eigenvalue weighted by Crippen LogP contribution is -2.25. The summed E-state index contributed by atoms with van der Waals surface area (Å²) in [6.07, 6.45) is 2.52. The summed E-state index contributed by atoms with van der Waals surface area (Å²) in [6, 6.07) is 0. The van der Waals surface area contributed by atoms with Crippen molar-refractivity contribution >= 4 is 11.9 Å². The van der Waals surface area contributed by atoms with Crippen LogP contribution in [-0.4, -0.2) is 11.9 Å². The number of carbonyl (C=O) groups is 2. The highest BCUT2D eigenvalue weighted by molar-refractivity contribution is 6.07. The second-order valence-electron chi connectivity index (χ2n) is 4.58. The van der Waals surface area contributed by atoms with Gasteiger partial charge in [0.05, 0.1) is 5.92 Å². The summed E-state index contributed by atoms with van der Waals surface area (Å²) in [5, 5.41) is 0. The summed E-state index contributed by atoms with van der Waals surface area (Å²) in [4.78, 5) is 22.8. The molecule has 0 spiro atoms. The fourth-order valence-corrected chi connectivity index (χ4v) is 1.70. The Morgan fingerprint density at radius 1 is 1.36 bits per heavy atom. The molecule has 1 aliphatic heterocycles. The lowest BCUT2D eigenvalue weighted by atomic mass is 9.77. The van der Waals surface area contributed by atoms with Gasteiger partial charge in [-0.25, -0.2) is 4.79 Å². The fourth-order valence-electron chi connectivity index (χ4n) is 1.70. The summed E-state index contributed by atoms with van der Waals surface area (Å²) in [5.74, 6) is -1.30. The van der Waals surface area contributed by atoms with E-state index in [9.17, 15) is 9.59 Å². The number of hydrogen-bond acceptors (Lipinski definition) is 3. The molecule has 3 nitrogen and oxygen atoms in total. The molecule has 0 N–H and O–H groups in total. The van der Waals surface area contributed by atoms with Crippen LogP contribution in [0.5, 0.6) is 0 Å². The number of cyclic esters (lactones) is 2. The first-order valence-electron chi connectivity index (χ1n) is 4.84. The predicted octanol–water partition coefficient (Wildman–Crippen LogP) is 2.07. The van der Waals surface area contributed by atoms with Crippen molar-refractivity contribution in [3.63, 3.8) is 0 Å². The molecule has 1 rings (SSSR count). The van der Waals surface area contributed by atoms with Crippen molar-refractivity contribution in [3.05, 3.63) is 11.6 Å². The highest BCUT2D eigenvalue weighted by Gasteiger charge is 2.45. The highest BCUT2D eigenvalue weighted by Crippen LogP contribution is 2.37. The zero-order chi connectivity index (χ0) is 10.9. The lowest BCUT2D eigenvalue weighted by molar-refractivity contribution is -0.153. The third-order valence-corrected chi connectivity index (χ3v) is 2.27. The standard InChI is InChI=1S/C11H16O3/c1-5-6-7-8(11(2,3)4)10(13)14-9(7)12/h6,8H,5H2,1-4H3. The molecule has 0 amide bonds. The zero-order valence-corrected chi connectivity index (χ0v) is 9.09. The average Bonchev–Trinajstić information content (AvgIpc) is 2.26. The molecule has 0 radical (unpaired) electrons. The SMILES string of the molecule is CCC=C1C(=O)OC(=O)C1C(C)(C)C. The maximum atomic E-state index is 11.4. The Hall–Kier alpha value is -1.12. The van der Waals surface area contributed by atoms with E-state index < -0.39 is 17.9 Å². The van der Waals surface area contributed by atoms with E-state index in [0.717, 1.165) is 6.42 Å². The first kappa shape index (κ1) is 11.0. The van der Waals surface area contributed by atoms with Crippen molar-refractivity contribution in [2.24, 2.45) is 11.3 Å². The minimum Gasteiger partial charge on any atom is -0.389 e. The van der Waals surface area contributed by atoms with Gasteiger partial charge < -0.3 is 4.74 Å². The molecule has 1 aliphatic rings. The zero-order valence-electron chi connectivity index (χ0n) is 9.09. The van der Waals surface area contributed by atoms with Crippen LogP contribution < -0.4 is 0 Å². The van der Waals surface area contributed by atoms with Crippen molar-refractivity contribution in [1.29, 1.82) is 0 Å². The molecular weight excluding hydrogens is 180 g/mol. The summed E-state index contributed by atoms with van der Waals surface area (Å²) in [6.45, 7) is 7.73. The molecule has 78 valence electrons. The third-order valence-electron chi connectivity index (χ3n) is 2.27. The van der Waals surface area contributed by atoms with Crippen molar-refractivity contribution in [2.75, 3.05) is 0 Å². The van der Waals surface area contributed by atoms with Crippen molar-refractivity contribution < 1.29 is 14.3 Å². The van der Waals surface area contributed by atoms with Gasteiger partial charge >= 0.3 is 11.9 Å². The van der Waals surface area contributed by atoms with Crippen LogP contribution in [-0.2, 0) is 14.3 Å². The summed E-state index contributed by atoms with van der Waals surface area (Å²) in [5.41, 5.74) is 0.259. The van der Waals surface area contributed by atoms with Crippen LogP contribution in [0.15, 0.2) is 11.6 Å². The van der Waals surface area contributed by atoms with Crippen LogP contribution in [0.1, 0.15) is 34.1 Å². The molecule has 0 aromatic carbocycles. The van der Waals surface area contributed by atoms with Crippen LogP contribution in [0.4, 0.5) is 0 Å². The van der Waals surface area contributed by atoms with E-state index in [-0.39, 0.29) is 5.41 Å². The number of ether oxygens (including phenoxy) is 1. The van der Waals surface area contributed by atoms with Crippen molar-refractivity contribution in [1.82, 2.24) is 0 Å². The Morgan fingerprint density at radius 2 is 1.93 bits per heavy atom. The molecule has 3 heteroatoms. The van der Waals surface area contributed by atoms with Gasteiger partial charge in [0.1, 0.15) is 0 Å². The molecule has 1 heterocycles. The van der Waals surface area contributed by atoms with E-state index in [2.05, 4.69) is 4.74 Å². The third kappa shape index (κ3) is 1.86. The van der Waals surface area contributed by atoms with Crippen LogP contribution in [0.3, 0.4) is 0 Å². The van der Waals surface area contributed by atoms with Gasteiger partial charge in [0.2, 0.25) is 0 Å². The molecular formula is C11H16O3. The number of rotatable bonds is 1. The van der Waals surface area contributed by atoms with Gasteiger partial charge in [-0.1, -0.05) is 33.8 Å². The normalized spacial score (nSPS) is 25.7. The van der Waals surface area contributed by atoms with Gasteiger partial charge in [0.25, 0.3) is 0 Å². The Labute approximate surface area is 84.1 Å². The molecule has 0 aromatic rings. The molecule has 0 saturated carbocycles. The van der Waals surface area contributed by atoms with E-state index in [4.69, 9.17) is 0 Å². The molecule has 1 unspecified atom stereocenters. The van der Waals surface area contributed by atoms with Crippen LogP contribution in [0.25, 0.3) is 0 Å². The quantitative estimate of drug-likeness (QED) is 0.366. The second-order valence-corrected chi connectivity index (χ2v) is 4.58. The first-order chi connectivity index (χ1) is 6.38. The van der Waals surface area contributed by atoms with Crippen LogP contribution in [0.2, 0.25) is 0 Å². The minimum absolute atomic E-state index is 0.260. The molecule has 0 aliphatic carbocycles. The Morgan fingerprint density at radius 3 is 2.36 bits per heavy atom. The molecule has 1 fully saturated rings. The number of hydrogen-bond donors (Lipinski definition) is 0. The van der Waals surface area contributed by atoms with Gasteiger partial charge in [0.15, 0.2) is 0 Å². The molecule has 14 heavy (non-hydrogen) atoms. The highest BCUT2D eigenvalue weighted by atomic mass is 16.6. The number of allylic oxidation sites excluding steroid dienone is 1. The Bertz CT molecular complexity index is 294. The molecule has 1 atom stereocenters.